The first kappa shape index (κ1) is 8.69. The molecule has 70 valence electrons. The second kappa shape index (κ2) is 3.46. The normalized spacial score (nSPS) is 16.1. The molecular weight excluding hydrogens is 178 g/mol. The highest BCUT2D eigenvalue weighted by atomic mass is 16.2. The molecule has 3 heteroatoms. The Balaban J connectivity index is 2.32. The van der Waals surface area contributed by atoms with Crippen LogP contribution in [-0.2, 0) is 9.59 Å². The van der Waals surface area contributed by atoms with Crippen molar-refractivity contribution in [1.29, 1.82) is 0 Å². The van der Waals surface area contributed by atoms with Gasteiger partial charge in [0.2, 0.25) is 0 Å². The largest absolute Gasteiger partial charge is 0.301 e. The fraction of sp³-hybridized carbons (Fsp3) is 0.0909. The van der Waals surface area contributed by atoms with Gasteiger partial charge in [-0.2, -0.15) is 0 Å². The van der Waals surface area contributed by atoms with E-state index in [9.17, 15) is 9.59 Å². The summed E-state index contributed by atoms with van der Waals surface area (Å²) in [7, 11) is 0. The van der Waals surface area contributed by atoms with Crippen LogP contribution in [0, 0.1) is 0 Å². The van der Waals surface area contributed by atoms with Crippen LogP contribution in [-0.4, -0.2) is 18.2 Å². The number of benzene rings is 1. The van der Waals surface area contributed by atoms with Crippen LogP contribution in [0.4, 0.5) is 5.69 Å². The number of rotatable bonds is 1. The number of hydrogen-bond acceptors (Lipinski definition) is 2. The van der Waals surface area contributed by atoms with Gasteiger partial charge in [0, 0.05) is 11.8 Å². The molecule has 0 N–H and O–H groups in total. The van der Waals surface area contributed by atoms with E-state index in [0.717, 1.165) is 5.69 Å². The van der Waals surface area contributed by atoms with E-state index < -0.39 is 0 Å². The van der Waals surface area contributed by atoms with Gasteiger partial charge in [-0.3, -0.25) is 9.59 Å². The fourth-order valence-corrected chi connectivity index (χ4v) is 1.37. The average molecular weight is 187 g/mol. The predicted molar refractivity (Wildman–Crippen MR) is 52.9 cm³/mol. The molecule has 1 aromatic carbocycles. The van der Waals surface area contributed by atoms with E-state index in [4.69, 9.17) is 0 Å². The molecule has 2 rings (SSSR count). The lowest BCUT2D eigenvalue weighted by Crippen LogP contribution is -2.37. The summed E-state index contributed by atoms with van der Waals surface area (Å²) < 4.78 is 0. The second-order valence-electron chi connectivity index (χ2n) is 3.06. The predicted octanol–water partition coefficient (Wildman–Crippen LogP) is 1.16. The molecule has 0 unspecified atom stereocenters. The zero-order chi connectivity index (χ0) is 9.97. The highest BCUT2D eigenvalue weighted by molar-refractivity contribution is 6.13. The molecule has 0 aromatic heterocycles. The Labute approximate surface area is 81.6 Å². The monoisotopic (exact) mass is 187 g/mol. The van der Waals surface area contributed by atoms with E-state index in [1.807, 2.05) is 30.3 Å². The van der Waals surface area contributed by atoms with Gasteiger partial charge in [0.05, 0.1) is 6.54 Å². The summed E-state index contributed by atoms with van der Waals surface area (Å²) in [5, 5.41) is 0. The topological polar surface area (TPSA) is 37.4 Å². The summed E-state index contributed by atoms with van der Waals surface area (Å²) in [5.41, 5.74) is 0.759. The Morgan fingerprint density at radius 3 is 2.43 bits per heavy atom. The number of para-hydroxylation sites is 1. The van der Waals surface area contributed by atoms with Gasteiger partial charge in [0.25, 0.3) is 5.91 Å². The van der Waals surface area contributed by atoms with E-state index in [0.29, 0.717) is 0 Å². The van der Waals surface area contributed by atoms with Crippen LogP contribution in [0.1, 0.15) is 0 Å². The van der Waals surface area contributed by atoms with Crippen molar-refractivity contribution in [3.8, 4) is 0 Å². The minimum absolute atomic E-state index is 0.0477. The van der Waals surface area contributed by atoms with Crippen LogP contribution in [0.25, 0.3) is 0 Å². The zero-order valence-corrected chi connectivity index (χ0v) is 7.51. The maximum Gasteiger partial charge on any atom is 0.251 e. The molecule has 1 amide bonds. The number of ketones is 1. The first-order valence-electron chi connectivity index (χ1n) is 4.35. The summed E-state index contributed by atoms with van der Waals surface area (Å²) in [5.74, 6) is -0.191. The van der Waals surface area contributed by atoms with Gasteiger partial charge in [-0.1, -0.05) is 18.2 Å². The first-order chi connectivity index (χ1) is 6.77. The van der Waals surface area contributed by atoms with Gasteiger partial charge in [-0.05, 0) is 18.2 Å². The van der Waals surface area contributed by atoms with E-state index >= 15 is 0 Å². The van der Waals surface area contributed by atoms with Crippen molar-refractivity contribution in [3.63, 3.8) is 0 Å². The molecule has 3 nitrogen and oxygen atoms in total. The number of amides is 1. The number of nitrogens with zero attached hydrogens (tertiary/aromatic N) is 1. The third kappa shape index (κ3) is 1.57. The maximum atomic E-state index is 11.4. The van der Waals surface area contributed by atoms with Gasteiger partial charge in [-0.25, -0.2) is 0 Å². The SMILES string of the molecule is O=C1C=CC(=O)N(c2ccccc2)C1. The van der Waals surface area contributed by atoms with Crippen LogP contribution >= 0.6 is 0 Å². The van der Waals surface area contributed by atoms with E-state index in [-0.39, 0.29) is 18.2 Å². The molecule has 1 aromatic rings. The van der Waals surface area contributed by atoms with Crippen molar-refractivity contribution < 1.29 is 9.59 Å². The number of anilines is 1. The fourth-order valence-electron chi connectivity index (χ4n) is 1.37. The molecule has 1 heterocycles. The summed E-state index contributed by atoms with van der Waals surface area (Å²) in [4.78, 5) is 24.0. The number of carbonyl (C=O) groups excluding carboxylic acids is 2. The van der Waals surface area contributed by atoms with Gasteiger partial charge in [0.1, 0.15) is 0 Å². The van der Waals surface area contributed by atoms with Crippen LogP contribution in [0.2, 0.25) is 0 Å². The third-order valence-electron chi connectivity index (χ3n) is 2.06. The summed E-state index contributed by atoms with van der Waals surface area (Å²) in [6, 6.07) is 9.17. The molecular formula is C11H9NO2. The quantitative estimate of drug-likeness (QED) is 0.661. The van der Waals surface area contributed by atoms with Crippen molar-refractivity contribution in [2.45, 2.75) is 0 Å². The Kier molecular flexibility index (Phi) is 2.14. The van der Waals surface area contributed by atoms with E-state index in [1.54, 1.807) is 0 Å². The molecule has 0 atom stereocenters. The lowest BCUT2D eigenvalue weighted by atomic mass is 10.2. The van der Waals surface area contributed by atoms with E-state index in [1.165, 1.54) is 17.1 Å². The van der Waals surface area contributed by atoms with Crippen molar-refractivity contribution in [1.82, 2.24) is 0 Å². The van der Waals surface area contributed by atoms with Crippen LogP contribution in [0.15, 0.2) is 42.5 Å². The van der Waals surface area contributed by atoms with Crippen molar-refractivity contribution in [2.75, 3.05) is 11.4 Å². The maximum absolute atomic E-state index is 11.4. The van der Waals surface area contributed by atoms with Crippen LogP contribution in [0.3, 0.4) is 0 Å². The highest BCUT2D eigenvalue weighted by Gasteiger charge is 2.19. The van der Waals surface area contributed by atoms with Gasteiger partial charge in [0.15, 0.2) is 5.78 Å². The Morgan fingerprint density at radius 2 is 1.71 bits per heavy atom. The molecule has 14 heavy (non-hydrogen) atoms. The van der Waals surface area contributed by atoms with E-state index in [2.05, 4.69) is 0 Å². The Morgan fingerprint density at radius 1 is 1.00 bits per heavy atom. The Hall–Kier alpha value is -1.90. The summed E-state index contributed by atoms with van der Waals surface area (Å²) in [6.45, 7) is 0.138. The minimum atomic E-state index is -0.143. The summed E-state index contributed by atoms with van der Waals surface area (Å²) in [6.07, 6.45) is 2.63. The number of hydrogen-bond donors (Lipinski definition) is 0. The lowest BCUT2D eigenvalue weighted by Gasteiger charge is -2.22. The first-order valence-corrected chi connectivity index (χ1v) is 4.35. The molecule has 0 radical (unpaired) electrons. The molecule has 1 aliphatic heterocycles. The molecule has 0 spiro atoms. The molecule has 0 aliphatic carbocycles. The van der Waals surface area contributed by atoms with Crippen molar-refractivity contribution in [2.24, 2.45) is 0 Å². The molecule has 0 saturated heterocycles. The van der Waals surface area contributed by atoms with Gasteiger partial charge >= 0.3 is 0 Å². The smallest absolute Gasteiger partial charge is 0.251 e. The second-order valence-corrected chi connectivity index (χ2v) is 3.06. The zero-order valence-electron chi connectivity index (χ0n) is 7.51. The molecule has 0 saturated carbocycles. The molecule has 0 bridgehead atoms. The summed E-state index contributed by atoms with van der Waals surface area (Å²) >= 11 is 0. The lowest BCUT2D eigenvalue weighted by molar-refractivity contribution is -0.119. The van der Waals surface area contributed by atoms with Gasteiger partial charge < -0.3 is 4.90 Å². The number of carbonyl (C=O) groups is 2. The molecule has 1 aliphatic rings. The van der Waals surface area contributed by atoms with Crippen molar-refractivity contribution >= 4 is 17.4 Å². The third-order valence-corrected chi connectivity index (χ3v) is 2.06. The van der Waals surface area contributed by atoms with Crippen molar-refractivity contribution in [3.05, 3.63) is 42.5 Å². The highest BCUT2D eigenvalue weighted by Crippen LogP contribution is 2.15. The van der Waals surface area contributed by atoms with Crippen LogP contribution < -0.4 is 4.90 Å². The molecule has 0 fully saturated rings. The standard InChI is InChI=1S/C11H9NO2/c13-10-6-7-11(14)12(8-10)9-4-2-1-3-5-9/h1-7H,8H2. The van der Waals surface area contributed by atoms with Crippen LogP contribution in [0.5, 0.6) is 0 Å². The average Bonchev–Trinajstić information content (AvgIpc) is 2.23. The minimum Gasteiger partial charge on any atom is -0.301 e. The van der Waals surface area contributed by atoms with Gasteiger partial charge in [-0.15, -0.1) is 0 Å². The Bertz CT molecular complexity index is 395.